The number of carbonyl (C=O) groups is 1. The Morgan fingerprint density at radius 1 is 1.27 bits per heavy atom. The molecule has 7 nitrogen and oxygen atoms in total. The Labute approximate surface area is 188 Å². The van der Waals surface area contributed by atoms with Crippen LogP contribution in [0.4, 0.5) is 0 Å². The van der Waals surface area contributed by atoms with E-state index in [4.69, 9.17) is 0 Å². The molecule has 0 bridgehead atoms. The summed E-state index contributed by atoms with van der Waals surface area (Å²) in [4.78, 5) is 23.1. The fraction of sp³-hybridized carbons (Fsp3) is 0.429. The zero-order chi connectivity index (χ0) is 21.3. The van der Waals surface area contributed by atoms with Crippen molar-refractivity contribution >= 4 is 38.8 Å². The minimum Gasteiger partial charge on any atom is -0.340 e. The van der Waals surface area contributed by atoms with E-state index in [2.05, 4.69) is 49.1 Å². The second kappa shape index (κ2) is 8.84. The number of rotatable bonds is 5. The molecule has 1 amide bonds. The third-order valence-corrected chi connectivity index (χ3v) is 7.26. The van der Waals surface area contributed by atoms with Crippen LogP contribution in [0.3, 0.4) is 0 Å². The van der Waals surface area contributed by atoms with Crippen LogP contribution in [0.5, 0.6) is 0 Å². The van der Waals surface area contributed by atoms with Gasteiger partial charge in [0.2, 0.25) is 5.91 Å². The molecule has 3 aromatic heterocycles. The maximum atomic E-state index is 12.8. The number of fused-ring (bicyclic) bond motifs is 1. The van der Waals surface area contributed by atoms with Gasteiger partial charge in [-0.25, -0.2) is 9.50 Å². The zero-order valence-electron chi connectivity index (χ0n) is 17.1. The van der Waals surface area contributed by atoms with Gasteiger partial charge in [0.25, 0.3) is 0 Å². The van der Waals surface area contributed by atoms with Crippen LogP contribution in [-0.2, 0) is 17.8 Å². The lowest BCUT2D eigenvalue weighted by molar-refractivity contribution is -0.132. The summed E-state index contributed by atoms with van der Waals surface area (Å²) in [5, 5.41) is 13.5. The molecule has 1 saturated heterocycles. The summed E-state index contributed by atoms with van der Waals surface area (Å²) in [6.45, 7) is 8.18. The van der Waals surface area contributed by atoms with E-state index in [-0.39, 0.29) is 5.91 Å². The van der Waals surface area contributed by atoms with Crippen LogP contribution >= 0.6 is 27.3 Å². The molecule has 1 aliphatic heterocycles. The molecule has 0 atom stereocenters. The van der Waals surface area contributed by atoms with Gasteiger partial charge in [0.05, 0.1) is 9.98 Å². The van der Waals surface area contributed by atoms with Gasteiger partial charge in [-0.2, -0.15) is 10.4 Å². The number of hydrogen-bond donors (Lipinski definition) is 0. The van der Waals surface area contributed by atoms with Gasteiger partial charge in [-0.3, -0.25) is 9.69 Å². The lowest BCUT2D eigenvalue weighted by atomic mass is 10.1. The van der Waals surface area contributed by atoms with Crippen molar-refractivity contribution in [1.29, 1.82) is 5.26 Å². The van der Waals surface area contributed by atoms with Gasteiger partial charge in [0, 0.05) is 55.4 Å². The van der Waals surface area contributed by atoms with Gasteiger partial charge in [-0.1, -0.05) is 0 Å². The van der Waals surface area contributed by atoms with E-state index in [1.807, 2.05) is 18.7 Å². The van der Waals surface area contributed by atoms with Gasteiger partial charge in [-0.15, -0.1) is 11.3 Å². The smallest absolute Gasteiger partial charge is 0.222 e. The van der Waals surface area contributed by atoms with Gasteiger partial charge in [0.1, 0.15) is 11.6 Å². The molecule has 156 valence electrons. The number of nitrogens with zero attached hydrogens (tertiary/aromatic N) is 6. The summed E-state index contributed by atoms with van der Waals surface area (Å²) in [5.74, 6) is 0.186. The third-order valence-electron chi connectivity index (χ3n) is 5.65. The van der Waals surface area contributed by atoms with E-state index in [0.717, 1.165) is 53.5 Å². The Morgan fingerprint density at radius 2 is 2.03 bits per heavy atom. The number of nitriles is 1. The van der Waals surface area contributed by atoms with Crippen LogP contribution in [0.25, 0.3) is 5.65 Å². The number of piperazine rings is 1. The highest BCUT2D eigenvalue weighted by atomic mass is 79.9. The lowest BCUT2D eigenvalue weighted by Gasteiger charge is -2.34. The van der Waals surface area contributed by atoms with E-state index in [1.165, 1.54) is 11.1 Å². The average Bonchev–Trinajstić information content (AvgIpc) is 3.33. The van der Waals surface area contributed by atoms with Crippen LogP contribution in [0.1, 0.15) is 33.8 Å². The molecular formula is C21H23BrN6OS. The molecule has 4 heterocycles. The second-order valence-corrected chi connectivity index (χ2v) is 10.1. The Kier molecular flexibility index (Phi) is 6.18. The first-order valence-corrected chi connectivity index (χ1v) is 11.6. The molecule has 0 radical (unpaired) electrons. The SMILES string of the molecule is Cc1nc2c(C#N)cnn2c(C)c1CCC(=O)N1CCN(Cc2ccc(Br)s2)CC1. The van der Waals surface area contributed by atoms with Crippen LogP contribution < -0.4 is 0 Å². The highest BCUT2D eigenvalue weighted by Gasteiger charge is 2.22. The van der Waals surface area contributed by atoms with Crippen LogP contribution in [0, 0.1) is 25.2 Å². The van der Waals surface area contributed by atoms with Gasteiger partial charge >= 0.3 is 0 Å². The minimum absolute atomic E-state index is 0.186. The van der Waals surface area contributed by atoms with Crippen molar-refractivity contribution in [2.45, 2.75) is 33.2 Å². The Morgan fingerprint density at radius 3 is 2.70 bits per heavy atom. The second-order valence-electron chi connectivity index (χ2n) is 7.53. The Hall–Kier alpha value is -2.28. The quantitative estimate of drug-likeness (QED) is 0.552. The van der Waals surface area contributed by atoms with Gasteiger partial charge in [0.15, 0.2) is 5.65 Å². The summed E-state index contributed by atoms with van der Waals surface area (Å²) < 4.78 is 2.86. The fourth-order valence-corrected chi connectivity index (χ4v) is 5.48. The van der Waals surface area contributed by atoms with Crippen molar-refractivity contribution in [2.75, 3.05) is 26.2 Å². The molecule has 0 aliphatic carbocycles. The van der Waals surface area contributed by atoms with Crippen molar-refractivity contribution in [1.82, 2.24) is 24.4 Å². The minimum atomic E-state index is 0.186. The van der Waals surface area contributed by atoms with E-state index >= 15 is 0 Å². The standard InChI is InChI=1S/C21H23BrN6OS/c1-14-18(15(2)28-21(25-14)16(11-23)12-24-28)4-6-20(29)27-9-7-26(8-10-27)13-17-3-5-19(22)30-17/h3,5,12H,4,6-10,13H2,1-2H3. The summed E-state index contributed by atoms with van der Waals surface area (Å²) in [5.41, 5.74) is 3.88. The first-order chi connectivity index (χ1) is 14.5. The largest absolute Gasteiger partial charge is 0.340 e. The molecule has 1 fully saturated rings. The van der Waals surface area contributed by atoms with Crippen molar-refractivity contribution in [3.8, 4) is 6.07 Å². The number of hydrogen-bond acceptors (Lipinski definition) is 6. The first-order valence-electron chi connectivity index (χ1n) is 9.94. The fourth-order valence-electron chi connectivity index (χ4n) is 3.95. The van der Waals surface area contributed by atoms with E-state index < -0.39 is 0 Å². The van der Waals surface area contributed by atoms with Gasteiger partial charge < -0.3 is 4.90 Å². The highest BCUT2D eigenvalue weighted by molar-refractivity contribution is 9.11. The van der Waals surface area contributed by atoms with Crippen LogP contribution in [-0.4, -0.2) is 56.5 Å². The highest BCUT2D eigenvalue weighted by Crippen LogP contribution is 2.24. The van der Waals surface area contributed by atoms with Crippen molar-refractivity contribution in [3.63, 3.8) is 0 Å². The zero-order valence-corrected chi connectivity index (χ0v) is 19.5. The summed E-state index contributed by atoms with van der Waals surface area (Å²) in [7, 11) is 0. The molecular weight excluding hydrogens is 464 g/mol. The number of thiophene rings is 1. The van der Waals surface area contributed by atoms with Crippen molar-refractivity contribution < 1.29 is 4.79 Å². The summed E-state index contributed by atoms with van der Waals surface area (Å²) in [6.07, 6.45) is 2.63. The topological polar surface area (TPSA) is 77.5 Å². The number of aryl methyl sites for hydroxylation is 2. The maximum Gasteiger partial charge on any atom is 0.222 e. The van der Waals surface area contributed by atoms with Crippen LogP contribution in [0.2, 0.25) is 0 Å². The monoisotopic (exact) mass is 486 g/mol. The predicted molar refractivity (Wildman–Crippen MR) is 119 cm³/mol. The molecule has 0 spiro atoms. The maximum absolute atomic E-state index is 12.8. The molecule has 3 aromatic rings. The predicted octanol–water partition coefficient (Wildman–Crippen LogP) is 3.32. The first kappa shape index (κ1) is 21.0. The van der Waals surface area contributed by atoms with E-state index in [0.29, 0.717) is 24.1 Å². The molecule has 0 saturated carbocycles. The van der Waals surface area contributed by atoms with E-state index in [9.17, 15) is 10.1 Å². The van der Waals surface area contributed by atoms with Gasteiger partial charge in [-0.05, 0) is 53.9 Å². The Balaban J connectivity index is 1.35. The molecule has 0 N–H and O–H groups in total. The Bertz CT molecular complexity index is 1120. The average molecular weight is 487 g/mol. The normalized spacial score (nSPS) is 14.9. The molecule has 9 heteroatoms. The molecule has 4 rings (SSSR count). The number of halogens is 1. The third kappa shape index (κ3) is 4.26. The van der Waals surface area contributed by atoms with Crippen LogP contribution in [0.15, 0.2) is 22.1 Å². The van der Waals surface area contributed by atoms with Crippen molar-refractivity contribution in [3.05, 3.63) is 49.5 Å². The molecule has 1 aliphatic rings. The molecule has 30 heavy (non-hydrogen) atoms. The van der Waals surface area contributed by atoms with E-state index in [1.54, 1.807) is 15.9 Å². The molecule has 0 aromatic carbocycles. The van der Waals surface area contributed by atoms with Crippen molar-refractivity contribution in [2.24, 2.45) is 0 Å². The number of amides is 1. The summed E-state index contributed by atoms with van der Waals surface area (Å²) >= 11 is 5.28. The molecule has 0 unspecified atom stereocenters. The number of aromatic nitrogens is 3. The lowest BCUT2D eigenvalue weighted by Crippen LogP contribution is -2.48. The summed E-state index contributed by atoms with van der Waals surface area (Å²) in [6, 6.07) is 6.36. The number of carbonyl (C=O) groups excluding carboxylic acids is 1.